The molecule has 6 heteroatoms. The molecule has 0 aliphatic carbocycles. The van der Waals surface area contributed by atoms with Crippen molar-refractivity contribution < 1.29 is 9.63 Å². The van der Waals surface area contributed by atoms with Gasteiger partial charge in [0.05, 0.1) is 6.20 Å². The number of nitrogens with one attached hydrogen (secondary N) is 2. The lowest BCUT2D eigenvalue weighted by Crippen LogP contribution is -2.21. The van der Waals surface area contributed by atoms with Gasteiger partial charge >= 0.3 is 6.47 Å². The van der Waals surface area contributed by atoms with Crippen molar-refractivity contribution >= 4 is 12.3 Å². The van der Waals surface area contributed by atoms with Crippen molar-refractivity contribution in [1.82, 2.24) is 15.6 Å². The number of hydrogen-bond acceptors (Lipinski definition) is 6. The summed E-state index contributed by atoms with van der Waals surface area (Å²) in [5.74, 6) is 0.467. The predicted octanol–water partition coefficient (Wildman–Crippen LogP) is -0.519. The molecule has 0 saturated heterocycles. The van der Waals surface area contributed by atoms with E-state index >= 15 is 0 Å². The predicted molar refractivity (Wildman–Crippen MR) is 35.9 cm³/mol. The maximum atomic E-state index is 9.63. The van der Waals surface area contributed by atoms with E-state index in [4.69, 9.17) is 0 Å². The second kappa shape index (κ2) is 4.18. The summed E-state index contributed by atoms with van der Waals surface area (Å²) in [5, 5.41) is 0. The van der Waals surface area contributed by atoms with Gasteiger partial charge in [0.2, 0.25) is 0 Å². The average Bonchev–Trinajstić information content (AvgIpc) is 2.07. The number of anilines is 1. The van der Waals surface area contributed by atoms with Crippen LogP contribution in [-0.2, 0) is 9.63 Å². The van der Waals surface area contributed by atoms with E-state index in [1.807, 2.05) is 0 Å². The lowest BCUT2D eigenvalue weighted by molar-refractivity contribution is -0.134. The summed E-state index contributed by atoms with van der Waals surface area (Å²) in [6, 6.07) is 0. The first-order chi connectivity index (χ1) is 5.43. The van der Waals surface area contributed by atoms with E-state index in [9.17, 15) is 4.79 Å². The number of rotatable bonds is 4. The van der Waals surface area contributed by atoms with Gasteiger partial charge in [-0.15, -0.1) is 0 Å². The lowest BCUT2D eigenvalue weighted by Gasteiger charge is -2.01. The lowest BCUT2D eigenvalue weighted by atomic mass is 10.7. The smallest absolute Gasteiger partial charge is 0.315 e. The van der Waals surface area contributed by atoms with E-state index in [-0.39, 0.29) is 6.47 Å². The van der Waals surface area contributed by atoms with Crippen LogP contribution in [0, 0.1) is 0 Å². The second-order valence-corrected chi connectivity index (χ2v) is 1.53. The summed E-state index contributed by atoms with van der Waals surface area (Å²) >= 11 is 0. The molecule has 11 heavy (non-hydrogen) atoms. The number of aromatic nitrogens is 2. The van der Waals surface area contributed by atoms with Crippen LogP contribution in [0.2, 0.25) is 0 Å². The summed E-state index contributed by atoms with van der Waals surface area (Å²) in [6.07, 6.45) is 4.51. The molecule has 0 atom stereocenters. The maximum absolute atomic E-state index is 9.63. The van der Waals surface area contributed by atoms with Gasteiger partial charge in [-0.3, -0.25) is 15.2 Å². The van der Waals surface area contributed by atoms with Crippen LogP contribution in [0.15, 0.2) is 18.6 Å². The first-order valence-electron chi connectivity index (χ1n) is 2.80. The minimum Gasteiger partial charge on any atom is -0.354 e. The fourth-order valence-corrected chi connectivity index (χ4v) is 0.469. The van der Waals surface area contributed by atoms with E-state index < -0.39 is 0 Å². The molecule has 0 spiro atoms. The monoisotopic (exact) mass is 154 g/mol. The molecule has 0 aromatic carbocycles. The van der Waals surface area contributed by atoms with Gasteiger partial charge in [0, 0.05) is 12.4 Å². The Kier molecular flexibility index (Phi) is 2.82. The molecule has 0 aliphatic rings. The fourth-order valence-electron chi connectivity index (χ4n) is 0.469. The molecule has 6 nitrogen and oxygen atoms in total. The number of hydrazine groups is 1. The van der Waals surface area contributed by atoms with Crippen LogP contribution in [0.25, 0.3) is 0 Å². The van der Waals surface area contributed by atoms with Crippen LogP contribution in [0.3, 0.4) is 0 Å². The summed E-state index contributed by atoms with van der Waals surface area (Å²) in [4.78, 5) is 21.3. The zero-order chi connectivity index (χ0) is 7.94. The Hall–Kier alpha value is -1.69. The largest absolute Gasteiger partial charge is 0.354 e. The van der Waals surface area contributed by atoms with Crippen LogP contribution in [0.1, 0.15) is 0 Å². The van der Waals surface area contributed by atoms with Gasteiger partial charge in [0.25, 0.3) is 0 Å². The number of nitrogens with zero attached hydrogens (tertiary/aromatic N) is 2. The van der Waals surface area contributed by atoms with Crippen LogP contribution in [0.4, 0.5) is 5.82 Å². The molecule has 1 rings (SSSR count). The highest BCUT2D eigenvalue weighted by atomic mass is 16.7. The Balaban J connectivity index is 2.33. The third-order valence-electron chi connectivity index (χ3n) is 0.849. The Bertz CT molecular complexity index is 215. The molecule has 0 amide bonds. The molecule has 2 N–H and O–H groups in total. The van der Waals surface area contributed by atoms with Crippen LogP contribution in [0.5, 0.6) is 0 Å². The first-order valence-corrected chi connectivity index (χ1v) is 2.80. The highest BCUT2D eigenvalue weighted by Gasteiger charge is 1.87. The topological polar surface area (TPSA) is 76.1 Å². The molecule has 0 unspecified atom stereocenters. The molecule has 0 saturated carbocycles. The molecule has 1 heterocycles. The molecule has 58 valence electrons. The van der Waals surface area contributed by atoms with Crippen molar-refractivity contribution in [2.24, 2.45) is 0 Å². The zero-order valence-corrected chi connectivity index (χ0v) is 5.52. The molecular weight excluding hydrogens is 148 g/mol. The second-order valence-electron chi connectivity index (χ2n) is 1.53. The van der Waals surface area contributed by atoms with Crippen molar-refractivity contribution in [3.63, 3.8) is 0 Å². The molecule has 0 radical (unpaired) electrons. The minimum absolute atomic E-state index is 0.253. The number of carbonyl (C=O) groups is 1. The van der Waals surface area contributed by atoms with Crippen LogP contribution in [-0.4, -0.2) is 16.4 Å². The third kappa shape index (κ3) is 2.59. The van der Waals surface area contributed by atoms with E-state index in [1.165, 1.54) is 18.6 Å². The number of hydrogen-bond donors (Lipinski definition) is 2. The van der Waals surface area contributed by atoms with Crippen molar-refractivity contribution in [1.29, 1.82) is 0 Å². The van der Waals surface area contributed by atoms with Gasteiger partial charge in [0.15, 0.2) is 5.82 Å². The molecule has 0 fully saturated rings. The summed E-state index contributed by atoms with van der Waals surface area (Å²) in [5.41, 5.74) is 4.60. The standard InChI is InChI=1S/C5H6N4O2/c10-4-11-9-8-5-3-6-1-2-7-5/h1-4,9H,(H,7,8). The van der Waals surface area contributed by atoms with Gasteiger partial charge in [-0.25, -0.2) is 4.98 Å². The van der Waals surface area contributed by atoms with Gasteiger partial charge in [-0.2, -0.15) is 0 Å². The van der Waals surface area contributed by atoms with E-state index in [0.29, 0.717) is 5.82 Å². The fraction of sp³-hybridized carbons (Fsp3) is 0. The maximum Gasteiger partial charge on any atom is 0.315 e. The molecule has 0 aliphatic heterocycles. The Morgan fingerprint density at radius 2 is 2.45 bits per heavy atom. The SMILES string of the molecule is O=CONNc1cnccn1. The highest BCUT2D eigenvalue weighted by molar-refractivity contribution is 5.37. The Morgan fingerprint density at radius 1 is 1.55 bits per heavy atom. The molecule has 0 bridgehead atoms. The van der Waals surface area contributed by atoms with E-state index in [1.54, 1.807) is 0 Å². The summed E-state index contributed by atoms with van der Waals surface area (Å²) in [6.45, 7) is 0.253. The molecule has 1 aromatic rings. The van der Waals surface area contributed by atoms with Gasteiger partial charge in [0.1, 0.15) is 0 Å². The van der Waals surface area contributed by atoms with Crippen molar-refractivity contribution in [2.45, 2.75) is 0 Å². The Labute approximate surface area is 62.5 Å². The quantitative estimate of drug-likeness (QED) is 0.345. The van der Waals surface area contributed by atoms with Crippen molar-refractivity contribution in [2.75, 3.05) is 5.43 Å². The third-order valence-corrected chi connectivity index (χ3v) is 0.849. The van der Waals surface area contributed by atoms with Crippen molar-refractivity contribution in [3.8, 4) is 0 Å². The van der Waals surface area contributed by atoms with Crippen LogP contribution >= 0.6 is 0 Å². The number of carbonyl (C=O) groups excluding carboxylic acids is 1. The van der Waals surface area contributed by atoms with Crippen molar-refractivity contribution in [3.05, 3.63) is 18.6 Å². The van der Waals surface area contributed by atoms with E-state index in [2.05, 4.69) is 25.8 Å². The zero-order valence-electron chi connectivity index (χ0n) is 5.52. The normalized spacial score (nSPS) is 8.73. The first kappa shape index (κ1) is 7.42. The molecular formula is C5H6N4O2. The van der Waals surface area contributed by atoms with Gasteiger partial charge in [-0.05, 0) is 0 Å². The summed E-state index contributed by atoms with van der Waals surface area (Å²) < 4.78 is 0. The van der Waals surface area contributed by atoms with E-state index in [0.717, 1.165) is 0 Å². The van der Waals surface area contributed by atoms with Gasteiger partial charge in [-0.1, -0.05) is 5.59 Å². The average molecular weight is 154 g/mol. The Morgan fingerprint density at radius 3 is 3.09 bits per heavy atom. The molecule has 1 aromatic heterocycles. The van der Waals surface area contributed by atoms with Crippen LogP contribution < -0.4 is 11.0 Å². The summed E-state index contributed by atoms with van der Waals surface area (Å²) in [7, 11) is 0. The highest BCUT2D eigenvalue weighted by Crippen LogP contribution is 1.92. The minimum atomic E-state index is 0.253. The van der Waals surface area contributed by atoms with Gasteiger partial charge < -0.3 is 4.84 Å².